The van der Waals surface area contributed by atoms with Gasteiger partial charge in [-0.15, -0.1) is 0 Å². The van der Waals surface area contributed by atoms with Crippen molar-refractivity contribution in [2.24, 2.45) is 0 Å². The van der Waals surface area contributed by atoms with E-state index in [9.17, 15) is 22.4 Å². The zero-order chi connectivity index (χ0) is 17.9. The molecule has 0 fully saturated rings. The molecule has 0 unspecified atom stereocenters. The topological polar surface area (TPSA) is 56.1 Å². The Bertz CT molecular complexity index is 741. The van der Waals surface area contributed by atoms with E-state index in [1.165, 1.54) is 26.2 Å². The number of carbonyl (C=O) groups excluding carboxylic acids is 1. The number of hydrogen-bond donors (Lipinski definition) is 1. The molecule has 0 atom stereocenters. The van der Waals surface area contributed by atoms with Crippen molar-refractivity contribution in [2.75, 3.05) is 13.7 Å². The van der Waals surface area contributed by atoms with Crippen LogP contribution < -0.4 is 10.1 Å². The monoisotopic (exact) mass is 345 g/mol. The second-order valence-corrected chi connectivity index (χ2v) is 5.00. The van der Waals surface area contributed by atoms with Crippen LogP contribution in [0.1, 0.15) is 21.7 Å². The van der Waals surface area contributed by atoms with Gasteiger partial charge in [-0.1, -0.05) is 0 Å². The molecule has 1 N–H and O–H groups in total. The Morgan fingerprint density at radius 2 is 2.04 bits per heavy atom. The molecule has 0 spiro atoms. The lowest BCUT2D eigenvalue weighted by Crippen LogP contribution is -2.28. The van der Waals surface area contributed by atoms with Crippen molar-refractivity contribution in [3.05, 3.63) is 47.0 Å². The maximum absolute atomic E-state index is 13.3. The van der Waals surface area contributed by atoms with Crippen LogP contribution in [0.2, 0.25) is 0 Å². The van der Waals surface area contributed by atoms with Gasteiger partial charge in [0.25, 0.3) is 5.91 Å². The van der Waals surface area contributed by atoms with Crippen molar-refractivity contribution in [1.82, 2.24) is 15.1 Å². The number of aryl methyl sites for hydroxylation is 1. The fraction of sp³-hybridized carbons (Fsp3) is 0.333. The average molecular weight is 345 g/mol. The highest BCUT2D eigenvalue weighted by molar-refractivity contribution is 5.94. The van der Waals surface area contributed by atoms with Crippen LogP contribution in [0.4, 0.5) is 17.6 Å². The molecule has 130 valence electrons. The van der Waals surface area contributed by atoms with Gasteiger partial charge in [-0.05, 0) is 31.2 Å². The van der Waals surface area contributed by atoms with Crippen LogP contribution in [-0.2, 0) is 12.7 Å². The first kappa shape index (κ1) is 17.8. The maximum Gasteiger partial charge on any atom is 0.435 e. The second kappa shape index (κ2) is 6.90. The average Bonchev–Trinajstić information content (AvgIpc) is 2.89. The number of benzene rings is 1. The molecule has 0 bridgehead atoms. The number of rotatable bonds is 5. The molecule has 0 saturated heterocycles. The maximum atomic E-state index is 13.3. The van der Waals surface area contributed by atoms with Crippen LogP contribution in [0, 0.1) is 12.7 Å². The van der Waals surface area contributed by atoms with Gasteiger partial charge in [-0.3, -0.25) is 9.48 Å². The van der Waals surface area contributed by atoms with E-state index in [1.807, 2.05) is 0 Å². The van der Waals surface area contributed by atoms with Crippen molar-refractivity contribution < 1.29 is 27.1 Å². The molecule has 5 nitrogen and oxygen atoms in total. The van der Waals surface area contributed by atoms with E-state index >= 15 is 0 Å². The van der Waals surface area contributed by atoms with E-state index in [-0.39, 0.29) is 24.4 Å². The zero-order valence-electron chi connectivity index (χ0n) is 12.9. The summed E-state index contributed by atoms with van der Waals surface area (Å²) in [6.07, 6.45) is -4.51. The summed E-state index contributed by atoms with van der Waals surface area (Å²) >= 11 is 0. The number of halogens is 4. The molecule has 2 aromatic rings. The van der Waals surface area contributed by atoms with Gasteiger partial charge >= 0.3 is 6.18 Å². The Kier molecular flexibility index (Phi) is 5.10. The lowest BCUT2D eigenvalue weighted by Gasteiger charge is -2.08. The first-order valence-corrected chi connectivity index (χ1v) is 6.95. The van der Waals surface area contributed by atoms with Crippen molar-refractivity contribution >= 4 is 5.91 Å². The van der Waals surface area contributed by atoms with Gasteiger partial charge in [0, 0.05) is 17.8 Å². The molecule has 0 radical (unpaired) electrons. The third kappa shape index (κ3) is 4.03. The SMILES string of the molecule is COc1cc(C(=O)NCCn2nc(C(F)(F)F)cc2C)ccc1F. The van der Waals surface area contributed by atoms with Crippen LogP contribution in [0.15, 0.2) is 24.3 Å². The van der Waals surface area contributed by atoms with Crippen molar-refractivity contribution in [3.63, 3.8) is 0 Å². The summed E-state index contributed by atoms with van der Waals surface area (Å²) in [6.45, 7) is 1.64. The summed E-state index contributed by atoms with van der Waals surface area (Å²) in [4.78, 5) is 12.0. The molecule has 0 saturated carbocycles. The Labute approximate surface area is 135 Å². The molecular weight excluding hydrogens is 330 g/mol. The highest BCUT2D eigenvalue weighted by Crippen LogP contribution is 2.28. The summed E-state index contributed by atoms with van der Waals surface area (Å²) in [6, 6.07) is 4.56. The van der Waals surface area contributed by atoms with E-state index in [1.54, 1.807) is 0 Å². The first-order valence-electron chi connectivity index (χ1n) is 6.95. The predicted octanol–water partition coefficient (Wildman–Crippen LogP) is 2.79. The van der Waals surface area contributed by atoms with Crippen molar-refractivity contribution in [1.29, 1.82) is 0 Å². The number of nitrogens with zero attached hydrogens (tertiary/aromatic N) is 2. The second-order valence-electron chi connectivity index (χ2n) is 5.00. The van der Waals surface area contributed by atoms with Crippen LogP contribution in [0.25, 0.3) is 0 Å². The normalized spacial score (nSPS) is 11.4. The summed E-state index contributed by atoms with van der Waals surface area (Å²) in [5.74, 6) is -1.16. The van der Waals surface area contributed by atoms with Gasteiger partial charge in [0.15, 0.2) is 17.3 Å². The Hall–Kier alpha value is -2.58. The van der Waals surface area contributed by atoms with Gasteiger partial charge < -0.3 is 10.1 Å². The number of ether oxygens (including phenoxy) is 1. The quantitative estimate of drug-likeness (QED) is 0.848. The minimum Gasteiger partial charge on any atom is -0.494 e. The lowest BCUT2D eigenvalue weighted by molar-refractivity contribution is -0.141. The van der Waals surface area contributed by atoms with Crippen molar-refractivity contribution in [2.45, 2.75) is 19.6 Å². The van der Waals surface area contributed by atoms with E-state index in [2.05, 4.69) is 10.4 Å². The number of methoxy groups -OCH3 is 1. The molecule has 0 aliphatic carbocycles. The fourth-order valence-corrected chi connectivity index (χ4v) is 2.05. The molecule has 9 heteroatoms. The Morgan fingerprint density at radius 3 is 2.62 bits per heavy atom. The standard InChI is InChI=1S/C15H15F4N3O2/c1-9-7-13(15(17,18)19)21-22(9)6-5-20-14(23)10-3-4-11(16)12(8-10)24-2/h3-4,7-8H,5-6H2,1-2H3,(H,20,23). The molecule has 1 aromatic carbocycles. The predicted molar refractivity (Wildman–Crippen MR) is 77.3 cm³/mol. The molecule has 0 aliphatic heterocycles. The van der Waals surface area contributed by atoms with Gasteiger partial charge in [-0.25, -0.2) is 4.39 Å². The van der Waals surface area contributed by atoms with E-state index in [4.69, 9.17) is 4.74 Å². The van der Waals surface area contributed by atoms with Gasteiger partial charge in [0.05, 0.1) is 13.7 Å². The summed E-state index contributed by atoms with van der Waals surface area (Å²) < 4.78 is 56.9. The molecule has 1 aromatic heterocycles. The molecular formula is C15H15F4N3O2. The zero-order valence-corrected chi connectivity index (χ0v) is 12.9. The van der Waals surface area contributed by atoms with Crippen LogP contribution in [-0.4, -0.2) is 29.3 Å². The number of alkyl halides is 3. The van der Waals surface area contributed by atoms with Crippen LogP contribution >= 0.6 is 0 Å². The first-order chi connectivity index (χ1) is 11.2. The lowest BCUT2D eigenvalue weighted by atomic mass is 10.2. The largest absolute Gasteiger partial charge is 0.494 e. The highest BCUT2D eigenvalue weighted by Gasteiger charge is 2.34. The third-order valence-corrected chi connectivity index (χ3v) is 3.29. The number of carbonyl (C=O) groups is 1. The Balaban J connectivity index is 1.97. The number of amides is 1. The summed E-state index contributed by atoms with van der Waals surface area (Å²) in [5, 5.41) is 5.99. The van der Waals surface area contributed by atoms with E-state index in [0.29, 0.717) is 5.69 Å². The van der Waals surface area contributed by atoms with Gasteiger partial charge in [0.2, 0.25) is 0 Å². The van der Waals surface area contributed by atoms with Crippen LogP contribution in [0.5, 0.6) is 5.75 Å². The van der Waals surface area contributed by atoms with E-state index in [0.717, 1.165) is 16.8 Å². The number of aromatic nitrogens is 2. The fourth-order valence-electron chi connectivity index (χ4n) is 2.05. The van der Waals surface area contributed by atoms with Gasteiger partial charge in [0.1, 0.15) is 0 Å². The number of nitrogens with one attached hydrogen (secondary N) is 1. The molecule has 0 aliphatic rings. The highest BCUT2D eigenvalue weighted by atomic mass is 19.4. The smallest absolute Gasteiger partial charge is 0.435 e. The third-order valence-electron chi connectivity index (χ3n) is 3.29. The summed E-state index contributed by atoms with van der Waals surface area (Å²) in [5.41, 5.74) is -0.462. The molecule has 1 heterocycles. The van der Waals surface area contributed by atoms with Crippen molar-refractivity contribution in [3.8, 4) is 5.75 Å². The Morgan fingerprint density at radius 1 is 1.33 bits per heavy atom. The van der Waals surface area contributed by atoms with Crippen LogP contribution in [0.3, 0.4) is 0 Å². The molecule has 1 amide bonds. The summed E-state index contributed by atoms with van der Waals surface area (Å²) in [7, 11) is 1.28. The minimum absolute atomic E-state index is 0.0678. The van der Waals surface area contributed by atoms with E-state index < -0.39 is 23.6 Å². The molecule has 24 heavy (non-hydrogen) atoms. The minimum atomic E-state index is -4.51. The van der Waals surface area contributed by atoms with Gasteiger partial charge in [-0.2, -0.15) is 18.3 Å². The molecule has 2 rings (SSSR count). The number of hydrogen-bond acceptors (Lipinski definition) is 3.